The van der Waals surface area contributed by atoms with E-state index in [9.17, 15) is 9.59 Å². The van der Waals surface area contributed by atoms with Crippen molar-refractivity contribution in [2.24, 2.45) is 0 Å². The first kappa shape index (κ1) is 44.3. The summed E-state index contributed by atoms with van der Waals surface area (Å²) >= 11 is 0. The first-order valence-corrected chi connectivity index (χ1v) is 21.4. The molecule has 56 heavy (non-hydrogen) atoms. The molecule has 0 aliphatic carbocycles. The third kappa shape index (κ3) is 12.3. The maximum Gasteiger partial charge on any atom is 0.308 e. The number of carbonyl (C=O) groups excluding carboxylic acids is 2. The lowest BCUT2D eigenvalue weighted by Crippen LogP contribution is -2.10. The van der Waals surface area contributed by atoms with Gasteiger partial charge in [-0.1, -0.05) is 98.8 Å². The van der Waals surface area contributed by atoms with E-state index in [1.54, 1.807) is 0 Å². The molecule has 9 nitrogen and oxygen atoms in total. The summed E-state index contributed by atoms with van der Waals surface area (Å²) in [5, 5.41) is 4.66. The summed E-state index contributed by atoms with van der Waals surface area (Å²) in [7, 11) is 0. The minimum absolute atomic E-state index is 0.0644. The topological polar surface area (TPSA) is 98.8 Å². The Hall–Kier alpha value is -4.40. The van der Waals surface area contributed by atoms with Crippen LogP contribution in [-0.2, 0) is 9.59 Å². The van der Waals surface area contributed by atoms with Crippen molar-refractivity contribution in [2.75, 3.05) is 33.0 Å². The normalized spacial score (nSPS) is 11.3. The van der Waals surface area contributed by atoms with E-state index in [0.29, 0.717) is 67.2 Å². The maximum absolute atomic E-state index is 12.9. The average molecular weight is 775 g/mol. The maximum atomic E-state index is 12.9. The van der Waals surface area contributed by atoms with Crippen LogP contribution in [0.25, 0.3) is 32.3 Å². The SMILES string of the molecule is CCCCCOc1cc2c3cc(OCCCCC)c(OCCCCC)cc3c3c(OC(C)=O)c(OC(C)=O)c(OCCCCC)cc3c2cc1OCCCCC. The number of unbranched alkanes of at least 4 members (excludes halogenated alkanes) is 10. The molecule has 0 fully saturated rings. The summed E-state index contributed by atoms with van der Waals surface area (Å²) in [4.78, 5) is 25.6. The van der Waals surface area contributed by atoms with Crippen molar-refractivity contribution in [1.82, 2.24) is 0 Å². The molecule has 308 valence electrons. The summed E-state index contributed by atoms with van der Waals surface area (Å²) < 4.78 is 44.2. The van der Waals surface area contributed by atoms with Gasteiger partial charge in [-0.25, -0.2) is 0 Å². The van der Waals surface area contributed by atoms with Crippen LogP contribution in [0.1, 0.15) is 145 Å². The van der Waals surface area contributed by atoms with Gasteiger partial charge in [0, 0.05) is 19.2 Å². The van der Waals surface area contributed by atoms with Gasteiger partial charge in [-0.2, -0.15) is 0 Å². The van der Waals surface area contributed by atoms with E-state index in [2.05, 4.69) is 40.7 Å². The Kier molecular flexibility index (Phi) is 18.7. The Morgan fingerprint density at radius 2 is 0.643 bits per heavy atom. The molecule has 0 aliphatic rings. The van der Waals surface area contributed by atoms with Crippen molar-refractivity contribution in [2.45, 2.75) is 145 Å². The van der Waals surface area contributed by atoms with Gasteiger partial charge in [-0.15, -0.1) is 0 Å². The lowest BCUT2D eigenvalue weighted by Gasteiger charge is -2.22. The lowest BCUT2D eigenvalue weighted by molar-refractivity contribution is -0.134. The second kappa shape index (κ2) is 23.6. The highest BCUT2D eigenvalue weighted by Gasteiger charge is 2.27. The van der Waals surface area contributed by atoms with Crippen LogP contribution < -0.4 is 33.2 Å². The second-order valence-electron chi connectivity index (χ2n) is 14.6. The summed E-state index contributed by atoms with van der Waals surface area (Å²) in [5.41, 5.74) is 0. The first-order chi connectivity index (χ1) is 27.3. The summed E-state index contributed by atoms with van der Waals surface area (Å²) in [6.45, 7) is 16.1. The molecule has 0 bridgehead atoms. The van der Waals surface area contributed by atoms with Gasteiger partial charge in [0.05, 0.1) is 33.0 Å². The molecule has 0 N–H and O–H groups in total. The van der Waals surface area contributed by atoms with Gasteiger partial charge in [0.2, 0.25) is 5.75 Å². The van der Waals surface area contributed by atoms with E-state index in [0.717, 1.165) is 123 Å². The molecule has 4 rings (SSSR count). The fourth-order valence-corrected chi connectivity index (χ4v) is 6.80. The summed E-state index contributed by atoms with van der Waals surface area (Å²) in [5.74, 6) is 1.93. The van der Waals surface area contributed by atoms with Gasteiger partial charge in [0.15, 0.2) is 34.5 Å². The molecular weight excluding hydrogens is 709 g/mol. The van der Waals surface area contributed by atoms with Gasteiger partial charge in [0.1, 0.15) is 0 Å². The van der Waals surface area contributed by atoms with Gasteiger partial charge in [-0.3, -0.25) is 9.59 Å². The molecule has 0 spiro atoms. The van der Waals surface area contributed by atoms with Crippen molar-refractivity contribution < 1.29 is 42.7 Å². The zero-order valence-corrected chi connectivity index (χ0v) is 35.2. The van der Waals surface area contributed by atoms with Crippen LogP contribution in [0.3, 0.4) is 0 Å². The molecule has 0 saturated carbocycles. The minimum Gasteiger partial charge on any atom is -0.490 e. The van der Waals surface area contributed by atoms with E-state index in [1.807, 2.05) is 24.3 Å². The Balaban J connectivity index is 2.16. The number of fused-ring (bicyclic) bond motifs is 6. The molecule has 0 aliphatic heterocycles. The number of benzene rings is 4. The van der Waals surface area contributed by atoms with Gasteiger partial charge in [-0.05, 0) is 89.4 Å². The van der Waals surface area contributed by atoms with Crippen molar-refractivity contribution in [3.05, 3.63) is 30.3 Å². The average Bonchev–Trinajstić information content (AvgIpc) is 3.18. The van der Waals surface area contributed by atoms with E-state index in [-0.39, 0.29) is 11.5 Å². The minimum atomic E-state index is -0.559. The Morgan fingerprint density at radius 3 is 0.964 bits per heavy atom. The van der Waals surface area contributed by atoms with E-state index in [4.69, 9.17) is 33.2 Å². The zero-order valence-electron chi connectivity index (χ0n) is 35.2. The number of rotatable bonds is 27. The zero-order chi connectivity index (χ0) is 40.3. The highest BCUT2D eigenvalue weighted by molar-refractivity contribution is 6.28. The standard InChI is InChI=1S/C47H66O9/c1-8-13-18-23-50-40-28-35-36-29-42(52-25-20-15-10-3)43(53-26-21-16-11-4)31-38(36)45-39(37(35)30-41(40)51-24-19-14-9-2)32-44(54-27-22-17-12-5)46(55-33(6)48)47(45)56-34(7)49/h28-32H,8-27H2,1-7H3. The fourth-order valence-electron chi connectivity index (χ4n) is 6.80. The molecule has 0 amide bonds. The quantitative estimate of drug-likeness (QED) is 0.0254. The predicted molar refractivity (Wildman–Crippen MR) is 227 cm³/mol. The van der Waals surface area contributed by atoms with Crippen molar-refractivity contribution >= 4 is 44.3 Å². The first-order valence-electron chi connectivity index (χ1n) is 21.4. The molecule has 0 radical (unpaired) electrons. The predicted octanol–water partition coefficient (Wildman–Crippen LogP) is 12.8. The van der Waals surface area contributed by atoms with Crippen molar-refractivity contribution in [3.63, 3.8) is 0 Å². The van der Waals surface area contributed by atoms with Gasteiger partial charge >= 0.3 is 11.9 Å². The van der Waals surface area contributed by atoms with Crippen LogP contribution in [0, 0.1) is 0 Å². The lowest BCUT2D eigenvalue weighted by atomic mass is 9.92. The Labute approximate surface area is 334 Å². The number of carbonyl (C=O) groups is 2. The van der Waals surface area contributed by atoms with E-state index in [1.165, 1.54) is 13.8 Å². The summed E-state index contributed by atoms with van der Waals surface area (Å²) in [6, 6.07) is 9.99. The fraction of sp³-hybridized carbons (Fsp3) is 0.574. The number of ether oxygens (including phenoxy) is 7. The van der Waals surface area contributed by atoms with Crippen LogP contribution >= 0.6 is 0 Å². The van der Waals surface area contributed by atoms with Crippen LogP contribution in [0.4, 0.5) is 0 Å². The van der Waals surface area contributed by atoms with Crippen molar-refractivity contribution in [3.8, 4) is 40.2 Å². The van der Waals surface area contributed by atoms with Gasteiger partial charge in [0.25, 0.3) is 0 Å². The third-order valence-corrected chi connectivity index (χ3v) is 9.74. The van der Waals surface area contributed by atoms with Gasteiger partial charge < -0.3 is 33.2 Å². The molecular formula is C47H66O9. The van der Waals surface area contributed by atoms with Crippen LogP contribution in [0.2, 0.25) is 0 Å². The number of hydrogen-bond donors (Lipinski definition) is 0. The molecule has 9 heteroatoms. The molecule has 4 aromatic rings. The molecule has 4 aromatic carbocycles. The van der Waals surface area contributed by atoms with Crippen LogP contribution in [-0.4, -0.2) is 45.0 Å². The Morgan fingerprint density at radius 1 is 0.375 bits per heavy atom. The van der Waals surface area contributed by atoms with E-state index < -0.39 is 11.9 Å². The second-order valence-corrected chi connectivity index (χ2v) is 14.6. The third-order valence-electron chi connectivity index (χ3n) is 9.74. The molecule has 0 atom stereocenters. The molecule has 0 aromatic heterocycles. The molecule has 0 heterocycles. The highest BCUT2D eigenvalue weighted by Crippen LogP contribution is 2.52. The Bertz CT molecular complexity index is 1820. The smallest absolute Gasteiger partial charge is 0.308 e. The monoisotopic (exact) mass is 774 g/mol. The van der Waals surface area contributed by atoms with E-state index >= 15 is 0 Å². The highest BCUT2D eigenvalue weighted by atomic mass is 16.6. The molecule has 0 unspecified atom stereocenters. The number of hydrogen-bond acceptors (Lipinski definition) is 9. The van der Waals surface area contributed by atoms with Crippen LogP contribution in [0.5, 0.6) is 40.2 Å². The van der Waals surface area contributed by atoms with Crippen molar-refractivity contribution in [1.29, 1.82) is 0 Å². The largest absolute Gasteiger partial charge is 0.490 e. The molecule has 0 saturated heterocycles. The summed E-state index contributed by atoms with van der Waals surface area (Å²) in [6.07, 6.45) is 15.0. The number of esters is 2. The van der Waals surface area contributed by atoms with Crippen LogP contribution in [0.15, 0.2) is 30.3 Å².